The number of furan rings is 1. The van der Waals surface area contributed by atoms with Crippen molar-refractivity contribution in [2.45, 2.75) is 86.0 Å². The summed E-state index contributed by atoms with van der Waals surface area (Å²) in [6, 6.07) is 18.8. The predicted molar refractivity (Wildman–Crippen MR) is 176 cm³/mol. The number of aryl methyl sites for hydroxylation is 2. The molecule has 0 unspecified atom stereocenters. The standard InChI is InChI=1S/C27H23N2O.C11H20O2.Ir/c1-16-13-23-22-9-7-17(2)29-27(22)30-26(23)24(14-16)25-21-10-8-19(18-5-3-4-6-18)15-20(21)11-12-28-25;1-8(2)5-10(12)7-11(13)6-9(3)4;/h7-13,15,18H,3-6H2,1-2H3;7-9,12H,5-6H2,1-4H3;/q-1;;/b;10-7-;. The third-order valence-electron chi connectivity index (χ3n) is 8.05. The third-order valence-corrected chi connectivity index (χ3v) is 8.05. The van der Waals surface area contributed by atoms with Gasteiger partial charge in [0.15, 0.2) is 5.78 Å². The number of aromatic nitrogens is 2. The van der Waals surface area contributed by atoms with Crippen LogP contribution in [0.1, 0.15) is 89.0 Å². The maximum atomic E-state index is 11.2. The normalized spacial score (nSPS) is 14.0. The van der Waals surface area contributed by atoms with Crippen molar-refractivity contribution in [2.24, 2.45) is 11.8 Å². The number of pyridine rings is 2. The van der Waals surface area contributed by atoms with Gasteiger partial charge in [-0.1, -0.05) is 76.6 Å². The first kappa shape index (κ1) is 33.6. The van der Waals surface area contributed by atoms with E-state index in [-0.39, 0.29) is 31.6 Å². The summed E-state index contributed by atoms with van der Waals surface area (Å²) in [5.41, 5.74) is 6.81. The van der Waals surface area contributed by atoms with Crippen molar-refractivity contribution in [2.75, 3.05) is 0 Å². The molecule has 3 aromatic heterocycles. The Hall–Kier alpha value is -3.34. The Bertz CT molecular complexity index is 1800. The second kappa shape index (κ2) is 14.6. The largest absolute Gasteiger partial charge is 0.512 e. The van der Waals surface area contributed by atoms with Gasteiger partial charge in [0.2, 0.25) is 5.71 Å². The van der Waals surface area contributed by atoms with Crippen molar-refractivity contribution < 1.29 is 34.4 Å². The Morgan fingerprint density at radius 3 is 2.39 bits per heavy atom. The summed E-state index contributed by atoms with van der Waals surface area (Å²) in [7, 11) is 0. The minimum absolute atomic E-state index is 0. The van der Waals surface area contributed by atoms with E-state index < -0.39 is 0 Å². The summed E-state index contributed by atoms with van der Waals surface area (Å²) in [6.45, 7) is 12.1. The van der Waals surface area contributed by atoms with E-state index in [9.17, 15) is 9.90 Å². The van der Waals surface area contributed by atoms with E-state index in [2.05, 4.69) is 54.4 Å². The van der Waals surface area contributed by atoms with Crippen LogP contribution in [0.2, 0.25) is 0 Å². The van der Waals surface area contributed by atoms with Gasteiger partial charge in [0.05, 0.1) is 11.3 Å². The van der Waals surface area contributed by atoms with Crippen LogP contribution in [-0.4, -0.2) is 20.9 Å². The molecule has 0 bridgehead atoms. The van der Waals surface area contributed by atoms with E-state index >= 15 is 0 Å². The number of aliphatic hydroxyl groups excluding tert-OH is 1. The molecule has 44 heavy (non-hydrogen) atoms. The van der Waals surface area contributed by atoms with Crippen LogP contribution in [0.4, 0.5) is 0 Å². The van der Waals surface area contributed by atoms with Crippen LogP contribution in [0, 0.1) is 31.7 Å². The summed E-state index contributed by atoms with van der Waals surface area (Å²) in [5.74, 6) is 1.68. The van der Waals surface area contributed by atoms with Crippen molar-refractivity contribution in [1.82, 2.24) is 9.97 Å². The number of aliphatic hydroxyl groups is 1. The van der Waals surface area contributed by atoms with E-state index in [1.54, 1.807) is 0 Å². The molecule has 1 saturated carbocycles. The number of carbonyl (C=O) groups is 1. The zero-order valence-electron chi connectivity index (χ0n) is 26.7. The number of ketones is 1. The van der Waals surface area contributed by atoms with Gasteiger partial charge in [-0.25, -0.2) is 4.98 Å². The summed E-state index contributed by atoms with van der Waals surface area (Å²) in [4.78, 5) is 20.6. The first-order valence-corrected chi connectivity index (χ1v) is 15.6. The van der Waals surface area contributed by atoms with E-state index in [0.717, 1.165) is 44.3 Å². The average molecular weight is 768 g/mol. The molecule has 1 aliphatic carbocycles. The van der Waals surface area contributed by atoms with Crippen LogP contribution in [0.3, 0.4) is 0 Å². The predicted octanol–water partition coefficient (Wildman–Crippen LogP) is 10.4. The minimum Gasteiger partial charge on any atom is -0.512 e. The second-order valence-corrected chi connectivity index (χ2v) is 12.9. The van der Waals surface area contributed by atoms with E-state index in [0.29, 0.717) is 36.3 Å². The van der Waals surface area contributed by atoms with Gasteiger partial charge in [-0.15, -0.1) is 17.7 Å². The molecule has 2 aromatic carbocycles. The Morgan fingerprint density at radius 2 is 1.68 bits per heavy atom. The van der Waals surface area contributed by atoms with Gasteiger partial charge in [-0.3, -0.25) is 4.79 Å². The number of hydrogen-bond acceptors (Lipinski definition) is 5. The van der Waals surface area contributed by atoms with E-state index in [1.807, 2.05) is 46.9 Å². The Kier molecular flexibility index (Phi) is 11.2. The minimum atomic E-state index is 0. The van der Waals surface area contributed by atoms with Crippen molar-refractivity contribution in [3.05, 3.63) is 83.4 Å². The Morgan fingerprint density at radius 1 is 0.977 bits per heavy atom. The molecule has 3 heterocycles. The molecule has 0 amide bonds. The topological polar surface area (TPSA) is 76.2 Å². The van der Waals surface area contributed by atoms with Gasteiger partial charge in [-0.2, -0.15) is 0 Å². The number of hydrogen-bond donors (Lipinski definition) is 1. The van der Waals surface area contributed by atoms with Gasteiger partial charge in [0.1, 0.15) is 0 Å². The Labute approximate surface area is 274 Å². The molecule has 0 saturated heterocycles. The van der Waals surface area contributed by atoms with Crippen molar-refractivity contribution in [3.63, 3.8) is 0 Å². The number of carbonyl (C=O) groups excluding carboxylic acids is 1. The second-order valence-electron chi connectivity index (χ2n) is 12.9. The zero-order chi connectivity index (χ0) is 30.7. The van der Waals surface area contributed by atoms with Gasteiger partial charge >= 0.3 is 0 Å². The van der Waals surface area contributed by atoms with Crippen LogP contribution in [-0.2, 0) is 24.9 Å². The fourth-order valence-corrected chi connectivity index (χ4v) is 6.12. The van der Waals surface area contributed by atoms with Crippen LogP contribution >= 0.6 is 0 Å². The molecular formula is C38H43IrN2O3-. The summed E-state index contributed by atoms with van der Waals surface area (Å²) in [6.07, 6.45) is 9.68. The molecule has 0 aliphatic heterocycles. The van der Waals surface area contributed by atoms with Crippen molar-refractivity contribution in [1.29, 1.82) is 0 Å². The maximum absolute atomic E-state index is 11.2. The van der Waals surface area contributed by atoms with Crippen LogP contribution in [0.15, 0.2) is 64.9 Å². The van der Waals surface area contributed by atoms with Gasteiger partial charge < -0.3 is 14.5 Å². The van der Waals surface area contributed by atoms with Crippen molar-refractivity contribution >= 4 is 38.6 Å². The van der Waals surface area contributed by atoms with Crippen LogP contribution in [0.25, 0.3) is 44.1 Å². The number of rotatable bonds is 7. The number of nitrogens with zero attached hydrogens (tertiary/aromatic N) is 2. The molecule has 0 atom stereocenters. The first-order valence-electron chi connectivity index (χ1n) is 15.6. The number of allylic oxidation sites excluding steroid dienone is 2. The molecule has 1 aliphatic rings. The maximum Gasteiger partial charge on any atom is 0.216 e. The average Bonchev–Trinajstić information content (AvgIpc) is 3.60. The summed E-state index contributed by atoms with van der Waals surface area (Å²) >= 11 is 0. The quantitative estimate of drug-likeness (QED) is 0.101. The fraction of sp³-hybridized carbons (Fsp3) is 0.395. The first-order chi connectivity index (χ1) is 20.6. The molecule has 5 nitrogen and oxygen atoms in total. The monoisotopic (exact) mass is 768 g/mol. The molecule has 1 N–H and O–H groups in total. The Balaban J connectivity index is 0.000000271. The molecule has 233 valence electrons. The van der Waals surface area contributed by atoms with Gasteiger partial charge in [0.25, 0.3) is 0 Å². The summed E-state index contributed by atoms with van der Waals surface area (Å²) < 4.78 is 6.25. The molecule has 1 radical (unpaired) electrons. The molecule has 5 aromatic rings. The summed E-state index contributed by atoms with van der Waals surface area (Å²) in [5, 5.41) is 13.8. The van der Waals surface area contributed by atoms with Gasteiger partial charge in [0, 0.05) is 56.3 Å². The SMILES string of the molecule is CC(C)CC(=O)/C=C(\O)CC(C)C.Cc1[c-]c(-c2nccc3cc(C4CCCC4)ccc23)c2oc3nc(C)ccc3c2c1.[Ir]. The fourth-order valence-electron chi connectivity index (χ4n) is 6.12. The van der Waals surface area contributed by atoms with Crippen LogP contribution < -0.4 is 0 Å². The number of fused-ring (bicyclic) bond motifs is 4. The molecule has 6 heteroatoms. The molecule has 6 rings (SSSR count). The van der Waals surface area contributed by atoms with Crippen molar-refractivity contribution in [3.8, 4) is 11.3 Å². The zero-order valence-corrected chi connectivity index (χ0v) is 29.1. The molecular weight excluding hydrogens is 725 g/mol. The molecule has 0 spiro atoms. The molecule has 1 fully saturated rings. The third kappa shape index (κ3) is 7.83. The van der Waals surface area contributed by atoms with E-state index in [4.69, 9.17) is 9.40 Å². The number of benzene rings is 2. The smallest absolute Gasteiger partial charge is 0.216 e. The van der Waals surface area contributed by atoms with Gasteiger partial charge in [-0.05, 0) is 77.7 Å². The van der Waals surface area contributed by atoms with E-state index in [1.165, 1.54) is 42.7 Å². The van der Waals surface area contributed by atoms with Crippen LogP contribution in [0.5, 0.6) is 0 Å².